The Bertz CT molecular complexity index is 2490. The number of fused-ring (bicyclic) bond motifs is 2. The summed E-state index contributed by atoms with van der Waals surface area (Å²) >= 11 is 0. The summed E-state index contributed by atoms with van der Waals surface area (Å²) in [5.74, 6) is -8.76. The Labute approximate surface area is 377 Å². The first-order valence-corrected chi connectivity index (χ1v) is 18.6. The van der Waals surface area contributed by atoms with Gasteiger partial charge in [0.1, 0.15) is 35.6 Å². The number of rotatable bonds is 10. The van der Waals surface area contributed by atoms with Gasteiger partial charge in [-0.05, 0) is 21.9 Å². The third-order valence-electron chi connectivity index (χ3n) is 6.92. The molecule has 0 spiro atoms. The molecular formula is C30H28Cl2F6N10O4S2Y2-2. The molecule has 4 aromatic heterocycles. The van der Waals surface area contributed by atoms with E-state index in [0.717, 1.165) is 42.6 Å². The van der Waals surface area contributed by atoms with Crippen LogP contribution in [0, 0.1) is 60.9 Å². The molecule has 6 aromatic rings. The molecule has 0 saturated carbocycles. The van der Waals surface area contributed by atoms with Crippen LogP contribution in [0.5, 0.6) is 0 Å². The molecular weight excluding hydrogens is 991 g/mol. The van der Waals surface area contributed by atoms with Crippen molar-refractivity contribution in [2.24, 2.45) is 5.73 Å². The Morgan fingerprint density at radius 1 is 0.696 bits per heavy atom. The summed E-state index contributed by atoms with van der Waals surface area (Å²) in [6.45, 7) is 3.34. The maximum atomic E-state index is 13.6. The first kappa shape index (κ1) is 51.5. The SMILES string of the molecule is Cc1c(S(=O)(=O)Cl)[c-]c(F)c(F)c1F.Cc1c(S(=O)(=O)NCCNc2ncnc3[nH]ccc23)[c-]c(F)c(F)c1F.Cl.NCCNc1ncnc2[nH]ccc12.[Y].[Y]. The maximum absolute atomic E-state index is 13.6. The molecule has 6 rings (SSSR count). The molecule has 0 amide bonds. The molecule has 0 unspecified atom stereocenters. The average Bonchev–Trinajstić information content (AvgIpc) is 3.81. The molecule has 2 aromatic carbocycles. The van der Waals surface area contributed by atoms with Crippen LogP contribution in [0.1, 0.15) is 11.1 Å². The molecule has 0 atom stereocenters. The number of halogens is 8. The molecule has 0 aliphatic heterocycles. The minimum Gasteiger partial charge on any atom is -0.368 e. The standard InChI is InChI=1S/C15H13F3N5O2S.C8H11N5.C7H3ClF3O2S.ClH.2Y/c1-8-11(6-10(16)13(18)12(8)17)26(24,25)23-5-4-20-15-9-2-3-19-14(9)21-7-22-15;9-2-4-11-8-6-1-3-10-7(6)12-5-13-8;1-3-5(14(8,12)13)2-4(9)7(11)6(3)10;;;/h2-3,7,23H,4-5H2,1H3,(H2,19,20,21,22);1,3,5H,2,4,9H2,(H2,10,11,12,13);1H3;1H;;/q-1;;-1;;;. The number of benzene rings is 2. The minimum atomic E-state index is -4.33. The minimum absolute atomic E-state index is 0. The van der Waals surface area contributed by atoms with Gasteiger partial charge in [-0.2, -0.15) is 0 Å². The predicted molar refractivity (Wildman–Crippen MR) is 189 cm³/mol. The largest absolute Gasteiger partial charge is 0.368 e. The summed E-state index contributed by atoms with van der Waals surface area (Å²) in [5, 5.41) is 7.78. The molecule has 4 heterocycles. The van der Waals surface area contributed by atoms with Crippen molar-refractivity contribution in [3.63, 3.8) is 0 Å². The number of sulfonamides is 1. The summed E-state index contributed by atoms with van der Waals surface area (Å²) in [6, 6.07) is 6.94. The van der Waals surface area contributed by atoms with Crippen molar-refractivity contribution in [2.75, 3.05) is 36.8 Å². The van der Waals surface area contributed by atoms with Crippen LogP contribution in [0.3, 0.4) is 0 Å². The van der Waals surface area contributed by atoms with Crippen LogP contribution in [0.15, 0.2) is 47.0 Å². The van der Waals surface area contributed by atoms with Crippen molar-refractivity contribution >= 4 is 75.9 Å². The fourth-order valence-electron chi connectivity index (χ4n) is 4.39. The van der Waals surface area contributed by atoms with Crippen molar-refractivity contribution in [3.8, 4) is 0 Å². The summed E-state index contributed by atoms with van der Waals surface area (Å²) in [4.78, 5) is 20.5. The predicted octanol–water partition coefficient (Wildman–Crippen LogP) is 4.76. The zero-order valence-electron chi connectivity index (χ0n) is 28.8. The van der Waals surface area contributed by atoms with Crippen molar-refractivity contribution in [1.82, 2.24) is 34.6 Å². The molecule has 7 N–H and O–H groups in total. The number of anilines is 2. The summed E-state index contributed by atoms with van der Waals surface area (Å²) in [5.41, 5.74) is 5.70. The van der Waals surface area contributed by atoms with E-state index in [2.05, 4.69) is 45.3 Å². The van der Waals surface area contributed by atoms with Gasteiger partial charge < -0.3 is 26.3 Å². The number of aromatic nitrogens is 6. The normalized spacial score (nSPS) is 10.9. The van der Waals surface area contributed by atoms with E-state index in [9.17, 15) is 43.2 Å². The fraction of sp³-hybridized carbons (Fsp3) is 0.200. The Kier molecular flexibility index (Phi) is 20.8. The number of nitrogens with two attached hydrogens (primary N) is 1. The Balaban J connectivity index is 0.000000446. The van der Waals surface area contributed by atoms with Gasteiger partial charge in [0.2, 0.25) is 19.1 Å². The van der Waals surface area contributed by atoms with Gasteiger partial charge in [-0.1, -0.05) is 13.8 Å². The number of aromatic amines is 2. The topological polar surface area (TPSA) is 214 Å². The molecule has 56 heavy (non-hydrogen) atoms. The average molecular weight is 1020 g/mol. The molecule has 0 aliphatic carbocycles. The van der Waals surface area contributed by atoms with E-state index in [4.69, 9.17) is 16.4 Å². The van der Waals surface area contributed by atoms with E-state index in [1.807, 2.05) is 12.3 Å². The number of hydrogen-bond donors (Lipinski definition) is 6. The zero-order valence-corrected chi connectivity index (χ0v) is 37.7. The first-order chi connectivity index (χ1) is 25.0. The molecule has 0 bridgehead atoms. The van der Waals surface area contributed by atoms with E-state index >= 15 is 0 Å². The monoisotopic (exact) mass is 1020 g/mol. The number of nitrogens with one attached hydrogen (secondary N) is 5. The Morgan fingerprint density at radius 2 is 1.12 bits per heavy atom. The van der Waals surface area contributed by atoms with E-state index in [0.29, 0.717) is 18.0 Å². The van der Waals surface area contributed by atoms with E-state index in [1.165, 1.54) is 18.7 Å². The van der Waals surface area contributed by atoms with Gasteiger partial charge in [0.05, 0.1) is 34.0 Å². The third-order valence-corrected chi connectivity index (χ3v) is 9.81. The molecule has 0 aliphatic rings. The van der Waals surface area contributed by atoms with Gasteiger partial charge in [0.25, 0.3) is 0 Å². The second kappa shape index (κ2) is 22.6. The van der Waals surface area contributed by atoms with Gasteiger partial charge in [-0.3, -0.25) is 8.78 Å². The van der Waals surface area contributed by atoms with Gasteiger partial charge >= 0.3 is 0 Å². The van der Waals surface area contributed by atoms with Gasteiger partial charge in [0.15, 0.2) is 0 Å². The molecule has 0 saturated heterocycles. The molecule has 298 valence electrons. The van der Waals surface area contributed by atoms with Crippen LogP contribution in [0.2, 0.25) is 0 Å². The number of nitrogens with zero attached hydrogens (tertiary/aromatic N) is 4. The second-order valence-electron chi connectivity index (χ2n) is 10.4. The molecule has 14 nitrogen and oxygen atoms in total. The molecule has 26 heteroatoms. The summed E-state index contributed by atoms with van der Waals surface area (Å²) in [6.07, 6.45) is 6.39. The van der Waals surface area contributed by atoms with Gasteiger partial charge in [-0.25, -0.2) is 59.1 Å². The quantitative estimate of drug-likeness (QED) is 0.0362. The molecule has 2 radical (unpaired) electrons. The Hall–Kier alpha value is -2.53. The van der Waals surface area contributed by atoms with Crippen molar-refractivity contribution < 1.29 is 109 Å². The van der Waals surface area contributed by atoms with E-state index in [-0.39, 0.29) is 90.9 Å². The zero-order chi connectivity index (χ0) is 39.1. The third kappa shape index (κ3) is 12.7. The smallest absolute Gasteiger partial charge is 0.238 e. The van der Waals surface area contributed by atoms with Gasteiger partial charge in [-0.15, -0.1) is 35.7 Å². The van der Waals surface area contributed by atoms with Crippen molar-refractivity contribution in [2.45, 2.75) is 23.6 Å². The summed E-state index contributed by atoms with van der Waals surface area (Å²) < 4.78 is 126. The van der Waals surface area contributed by atoms with Crippen LogP contribution in [-0.4, -0.2) is 72.9 Å². The summed E-state index contributed by atoms with van der Waals surface area (Å²) in [7, 11) is -3.75. The Morgan fingerprint density at radius 3 is 1.57 bits per heavy atom. The van der Waals surface area contributed by atoms with Crippen LogP contribution in [0.4, 0.5) is 38.0 Å². The van der Waals surface area contributed by atoms with Crippen LogP contribution in [0.25, 0.3) is 22.1 Å². The van der Waals surface area contributed by atoms with E-state index < -0.39 is 74.9 Å². The van der Waals surface area contributed by atoms with Crippen LogP contribution >= 0.6 is 23.1 Å². The van der Waals surface area contributed by atoms with Crippen LogP contribution in [-0.2, 0) is 84.5 Å². The van der Waals surface area contributed by atoms with Crippen molar-refractivity contribution in [1.29, 1.82) is 0 Å². The van der Waals surface area contributed by atoms with Crippen LogP contribution < -0.4 is 21.1 Å². The van der Waals surface area contributed by atoms with Crippen molar-refractivity contribution in [3.05, 3.63) is 95.3 Å². The van der Waals surface area contributed by atoms with Gasteiger partial charge in [0, 0.05) is 126 Å². The van der Waals surface area contributed by atoms with E-state index in [1.54, 1.807) is 18.3 Å². The number of H-pyrrole nitrogens is 2. The maximum Gasteiger partial charge on any atom is 0.238 e. The number of hydrogen-bond acceptors (Lipinski definition) is 11. The molecule has 0 fully saturated rings. The second-order valence-corrected chi connectivity index (χ2v) is 14.7. The first-order valence-electron chi connectivity index (χ1n) is 14.8. The fourth-order valence-corrected chi connectivity index (χ4v) is 6.75.